The maximum Gasteiger partial charge on any atom is 0.226 e. The molecule has 2 aromatic rings. The van der Waals surface area contributed by atoms with Gasteiger partial charge in [-0.3, -0.25) is 4.99 Å². The summed E-state index contributed by atoms with van der Waals surface area (Å²) in [7, 11) is 3.50. The summed E-state index contributed by atoms with van der Waals surface area (Å²) in [6, 6.07) is 8.16. The SMILES string of the molecule is CN=C(NCc1coc(-c2ccc(C)cc2)n1)N1CCC(COCCOC)C1. The Balaban J connectivity index is 1.48. The smallest absolute Gasteiger partial charge is 0.226 e. The Morgan fingerprint density at radius 3 is 2.89 bits per heavy atom. The number of aromatic nitrogens is 1. The van der Waals surface area contributed by atoms with Gasteiger partial charge in [-0.25, -0.2) is 4.98 Å². The van der Waals surface area contributed by atoms with Crippen molar-refractivity contribution in [2.45, 2.75) is 19.9 Å². The summed E-state index contributed by atoms with van der Waals surface area (Å²) in [5, 5.41) is 3.39. The summed E-state index contributed by atoms with van der Waals surface area (Å²) < 4.78 is 16.3. The molecule has 1 atom stereocenters. The number of likely N-dealkylation sites (tertiary alicyclic amines) is 1. The maximum atomic E-state index is 5.67. The maximum absolute atomic E-state index is 5.67. The molecule has 0 bridgehead atoms. The molecule has 1 aliphatic heterocycles. The third-order valence-corrected chi connectivity index (χ3v) is 4.86. The molecule has 3 rings (SSSR count). The first-order valence-electron chi connectivity index (χ1n) is 9.73. The summed E-state index contributed by atoms with van der Waals surface area (Å²) in [6.07, 6.45) is 2.81. The lowest BCUT2D eigenvalue weighted by atomic mass is 10.1. The van der Waals surface area contributed by atoms with Crippen molar-refractivity contribution in [3.8, 4) is 11.5 Å². The second-order valence-electron chi connectivity index (χ2n) is 7.08. The van der Waals surface area contributed by atoms with Crippen molar-refractivity contribution in [1.29, 1.82) is 0 Å². The van der Waals surface area contributed by atoms with E-state index in [9.17, 15) is 0 Å². The van der Waals surface area contributed by atoms with Crippen molar-refractivity contribution in [3.05, 3.63) is 41.8 Å². The minimum atomic E-state index is 0.524. The zero-order valence-electron chi connectivity index (χ0n) is 17.0. The van der Waals surface area contributed by atoms with Gasteiger partial charge in [0.25, 0.3) is 0 Å². The molecule has 1 unspecified atom stereocenters. The van der Waals surface area contributed by atoms with Gasteiger partial charge < -0.3 is 24.1 Å². The molecule has 0 spiro atoms. The molecular formula is C21H30N4O3. The van der Waals surface area contributed by atoms with Crippen molar-refractivity contribution >= 4 is 5.96 Å². The van der Waals surface area contributed by atoms with E-state index in [0.717, 1.165) is 43.3 Å². The lowest BCUT2D eigenvalue weighted by molar-refractivity contribution is 0.0536. The molecule has 1 N–H and O–H groups in total. The first-order chi connectivity index (χ1) is 13.7. The second kappa shape index (κ2) is 10.2. The summed E-state index contributed by atoms with van der Waals surface area (Å²) in [5.74, 6) is 2.05. The Bertz CT molecular complexity index is 757. The standard InChI is InChI=1S/C21H30N4O3/c1-16-4-6-18(7-5-16)20-24-19(15-28-20)12-23-21(22-2)25-9-8-17(13-25)14-27-11-10-26-3/h4-7,15,17H,8-14H2,1-3H3,(H,22,23). The number of methoxy groups -OCH3 is 1. The normalized spacial score (nSPS) is 17.3. The fourth-order valence-electron chi connectivity index (χ4n) is 3.27. The van der Waals surface area contributed by atoms with E-state index in [2.05, 4.69) is 39.2 Å². The van der Waals surface area contributed by atoms with Gasteiger partial charge in [0, 0.05) is 38.7 Å². The van der Waals surface area contributed by atoms with Gasteiger partial charge in [0.1, 0.15) is 6.26 Å². The number of ether oxygens (including phenoxy) is 2. The third-order valence-electron chi connectivity index (χ3n) is 4.86. The fourth-order valence-corrected chi connectivity index (χ4v) is 3.27. The van der Waals surface area contributed by atoms with Crippen LogP contribution in [-0.4, -0.2) is 62.9 Å². The van der Waals surface area contributed by atoms with E-state index in [1.165, 1.54) is 5.56 Å². The highest BCUT2D eigenvalue weighted by Crippen LogP contribution is 2.20. The summed E-state index contributed by atoms with van der Waals surface area (Å²) >= 11 is 0. The van der Waals surface area contributed by atoms with Gasteiger partial charge >= 0.3 is 0 Å². The Morgan fingerprint density at radius 1 is 1.32 bits per heavy atom. The molecule has 152 valence electrons. The average molecular weight is 386 g/mol. The molecule has 7 nitrogen and oxygen atoms in total. The van der Waals surface area contributed by atoms with E-state index in [1.807, 2.05) is 19.2 Å². The fraction of sp³-hybridized carbons (Fsp3) is 0.524. The average Bonchev–Trinajstić information content (AvgIpc) is 3.37. The van der Waals surface area contributed by atoms with Crippen LogP contribution < -0.4 is 5.32 Å². The number of guanidine groups is 1. The van der Waals surface area contributed by atoms with Crippen LogP contribution in [0.15, 0.2) is 39.9 Å². The van der Waals surface area contributed by atoms with Gasteiger partial charge in [-0.05, 0) is 25.5 Å². The van der Waals surface area contributed by atoms with Crippen molar-refractivity contribution in [1.82, 2.24) is 15.2 Å². The lowest BCUT2D eigenvalue weighted by Gasteiger charge is -2.21. The van der Waals surface area contributed by atoms with Crippen LogP contribution in [0.3, 0.4) is 0 Å². The lowest BCUT2D eigenvalue weighted by Crippen LogP contribution is -2.40. The first-order valence-corrected chi connectivity index (χ1v) is 9.73. The van der Waals surface area contributed by atoms with Gasteiger partial charge in [-0.2, -0.15) is 0 Å². The van der Waals surface area contributed by atoms with Gasteiger partial charge in [0.15, 0.2) is 5.96 Å². The van der Waals surface area contributed by atoms with E-state index in [0.29, 0.717) is 31.6 Å². The quantitative estimate of drug-likeness (QED) is 0.427. The molecule has 0 saturated carbocycles. The minimum absolute atomic E-state index is 0.524. The largest absolute Gasteiger partial charge is 0.444 e. The molecule has 1 fully saturated rings. The molecule has 2 heterocycles. The zero-order chi connectivity index (χ0) is 19.8. The molecule has 7 heteroatoms. The van der Waals surface area contributed by atoms with Crippen LogP contribution >= 0.6 is 0 Å². The molecular weight excluding hydrogens is 356 g/mol. The number of benzene rings is 1. The van der Waals surface area contributed by atoms with Crippen molar-refractivity contribution in [2.75, 3.05) is 47.1 Å². The first kappa shape index (κ1) is 20.4. The number of aliphatic imine (C=N–C) groups is 1. The number of nitrogens with zero attached hydrogens (tertiary/aromatic N) is 3. The van der Waals surface area contributed by atoms with Crippen molar-refractivity contribution < 1.29 is 13.9 Å². The molecule has 1 saturated heterocycles. The van der Waals surface area contributed by atoms with Crippen LogP contribution in [0.5, 0.6) is 0 Å². The molecule has 0 aliphatic carbocycles. The highest BCUT2D eigenvalue weighted by molar-refractivity contribution is 5.80. The van der Waals surface area contributed by atoms with Crippen LogP contribution in [0.4, 0.5) is 0 Å². The van der Waals surface area contributed by atoms with Crippen LogP contribution in [0, 0.1) is 12.8 Å². The van der Waals surface area contributed by atoms with Crippen molar-refractivity contribution in [3.63, 3.8) is 0 Å². The highest BCUT2D eigenvalue weighted by atomic mass is 16.5. The van der Waals surface area contributed by atoms with Gasteiger partial charge in [0.05, 0.1) is 32.1 Å². The van der Waals surface area contributed by atoms with E-state index in [1.54, 1.807) is 13.4 Å². The minimum Gasteiger partial charge on any atom is -0.444 e. The van der Waals surface area contributed by atoms with E-state index < -0.39 is 0 Å². The predicted octanol–water partition coefficient (Wildman–Crippen LogP) is 2.71. The summed E-state index contributed by atoms with van der Waals surface area (Å²) in [4.78, 5) is 11.3. The van der Waals surface area contributed by atoms with Crippen LogP contribution in [0.2, 0.25) is 0 Å². The Kier molecular flexibility index (Phi) is 7.45. The Morgan fingerprint density at radius 2 is 2.14 bits per heavy atom. The topological polar surface area (TPSA) is 72.1 Å². The third kappa shape index (κ3) is 5.56. The van der Waals surface area contributed by atoms with Gasteiger partial charge in [0.2, 0.25) is 5.89 Å². The summed E-state index contributed by atoms with van der Waals surface area (Å²) in [6.45, 7) is 6.62. The van der Waals surface area contributed by atoms with Gasteiger partial charge in [-0.15, -0.1) is 0 Å². The zero-order valence-corrected chi connectivity index (χ0v) is 17.0. The molecule has 1 aliphatic rings. The van der Waals surface area contributed by atoms with Gasteiger partial charge in [-0.1, -0.05) is 17.7 Å². The number of aryl methyl sites for hydroxylation is 1. The monoisotopic (exact) mass is 386 g/mol. The van der Waals surface area contributed by atoms with E-state index >= 15 is 0 Å². The van der Waals surface area contributed by atoms with Crippen LogP contribution in [-0.2, 0) is 16.0 Å². The number of hydrogen-bond acceptors (Lipinski definition) is 5. The molecule has 1 aromatic carbocycles. The number of rotatable bonds is 8. The number of hydrogen-bond donors (Lipinski definition) is 1. The predicted molar refractivity (Wildman–Crippen MR) is 109 cm³/mol. The van der Waals surface area contributed by atoms with E-state index in [-0.39, 0.29) is 0 Å². The highest BCUT2D eigenvalue weighted by Gasteiger charge is 2.25. The Hall–Kier alpha value is -2.38. The van der Waals surface area contributed by atoms with Crippen molar-refractivity contribution in [2.24, 2.45) is 10.9 Å². The molecule has 0 radical (unpaired) electrons. The Labute approximate surface area is 166 Å². The molecule has 1 aromatic heterocycles. The number of oxazole rings is 1. The van der Waals surface area contributed by atoms with Crippen LogP contribution in [0.25, 0.3) is 11.5 Å². The molecule has 0 amide bonds. The van der Waals surface area contributed by atoms with E-state index in [4.69, 9.17) is 13.9 Å². The number of nitrogens with one attached hydrogen (secondary N) is 1. The van der Waals surface area contributed by atoms with Crippen LogP contribution in [0.1, 0.15) is 17.7 Å². The second-order valence-corrected chi connectivity index (χ2v) is 7.08. The summed E-state index contributed by atoms with van der Waals surface area (Å²) in [5.41, 5.74) is 3.06. The molecule has 28 heavy (non-hydrogen) atoms.